The maximum atomic E-state index is 12.5. The van der Waals surface area contributed by atoms with Crippen LogP contribution in [0.3, 0.4) is 0 Å². The van der Waals surface area contributed by atoms with E-state index in [1.54, 1.807) is 0 Å². The van der Waals surface area contributed by atoms with E-state index in [1.807, 2.05) is 12.1 Å². The van der Waals surface area contributed by atoms with Crippen LogP contribution in [0.4, 0.5) is 5.69 Å². The maximum absolute atomic E-state index is 12.5. The van der Waals surface area contributed by atoms with Crippen molar-refractivity contribution in [3.05, 3.63) is 29.8 Å². The van der Waals surface area contributed by atoms with Gasteiger partial charge in [0.15, 0.2) is 0 Å². The molecular weight excluding hydrogens is 236 g/mol. The summed E-state index contributed by atoms with van der Waals surface area (Å²) < 4.78 is 0. The van der Waals surface area contributed by atoms with E-state index in [1.165, 1.54) is 0 Å². The van der Waals surface area contributed by atoms with Crippen molar-refractivity contribution in [1.82, 2.24) is 5.32 Å². The summed E-state index contributed by atoms with van der Waals surface area (Å²) in [5.74, 6) is 0.192. The molecule has 0 spiro atoms. The second-order valence-electron chi connectivity index (χ2n) is 5.26. The summed E-state index contributed by atoms with van der Waals surface area (Å²) in [6, 6.07) is 8.46. The lowest BCUT2D eigenvalue weighted by Crippen LogP contribution is -2.39. The van der Waals surface area contributed by atoms with Gasteiger partial charge >= 0.3 is 0 Å². The average Bonchev–Trinajstić information content (AvgIpc) is 2.46. The molecule has 0 saturated heterocycles. The summed E-state index contributed by atoms with van der Waals surface area (Å²) in [6.07, 6.45) is 4.06. The molecule has 0 fully saturated rings. The largest absolute Gasteiger partial charge is 0.385 e. The van der Waals surface area contributed by atoms with Gasteiger partial charge in [-0.05, 0) is 30.9 Å². The lowest BCUT2D eigenvalue weighted by atomic mass is 9.90. The predicted molar refractivity (Wildman–Crippen MR) is 79.4 cm³/mol. The fraction of sp³-hybridized carbons (Fsp3) is 0.562. The van der Waals surface area contributed by atoms with Gasteiger partial charge in [0.05, 0.1) is 5.92 Å². The first kappa shape index (κ1) is 13.9. The molecule has 3 nitrogen and oxygen atoms in total. The van der Waals surface area contributed by atoms with Crippen molar-refractivity contribution in [3.63, 3.8) is 0 Å². The lowest BCUT2D eigenvalue weighted by Gasteiger charge is -2.27. The van der Waals surface area contributed by atoms with Gasteiger partial charge in [-0.1, -0.05) is 38.5 Å². The Morgan fingerprint density at radius 1 is 1.42 bits per heavy atom. The summed E-state index contributed by atoms with van der Waals surface area (Å²) in [5, 5.41) is 6.57. The van der Waals surface area contributed by atoms with Crippen molar-refractivity contribution in [1.29, 1.82) is 0 Å². The highest BCUT2D eigenvalue weighted by molar-refractivity contribution is 5.86. The Kier molecular flexibility index (Phi) is 4.83. The first-order valence-electron chi connectivity index (χ1n) is 7.39. The number of fused-ring (bicyclic) bond motifs is 1. The molecule has 1 aliphatic rings. The third-order valence-electron chi connectivity index (χ3n) is 3.88. The number of carbonyl (C=O) groups excluding carboxylic acids is 1. The number of amides is 1. The number of rotatable bonds is 5. The first-order valence-corrected chi connectivity index (χ1v) is 7.39. The lowest BCUT2D eigenvalue weighted by molar-refractivity contribution is -0.123. The van der Waals surface area contributed by atoms with Crippen molar-refractivity contribution < 1.29 is 4.79 Å². The molecule has 0 saturated carbocycles. The molecule has 1 aliphatic heterocycles. The minimum Gasteiger partial charge on any atom is -0.385 e. The monoisotopic (exact) mass is 260 g/mol. The Morgan fingerprint density at radius 3 is 2.95 bits per heavy atom. The Morgan fingerprint density at radius 2 is 2.21 bits per heavy atom. The van der Waals surface area contributed by atoms with E-state index in [4.69, 9.17) is 0 Å². The quantitative estimate of drug-likeness (QED) is 0.853. The highest BCUT2D eigenvalue weighted by Crippen LogP contribution is 2.31. The summed E-state index contributed by atoms with van der Waals surface area (Å²) in [5.41, 5.74) is 2.25. The maximum Gasteiger partial charge on any atom is 0.227 e. The number of hydrogen-bond donors (Lipinski definition) is 2. The fourth-order valence-corrected chi connectivity index (χ4v) is 2.77. The molecule has 2 unspecified atom stereocenters. The molecule has 0 aromatic heterocycles. The normalized spacial score (nSPS) is 19.2. The van der Waals surface area contributed by atoms with Gasteiger partial charge < -0.3 is 10.6 Å². The molecule has 104 valence electrons. The zero-order valence-corrected chi connectivity index (χ0v) is 11.9. The van der Waals surface area contributed by atoms with Gasteiger partial charge in [0.1, 0.15) is 0 Å². The third-order valence-corrected chi connectivity index (χ3v) is 3.88. The smallest absolute Gasteiger partial charge is 0.227 e. The first-order chi connectivity index (χ1) is 9.26. The molecule has 1 aromatic carbocycles. The van der Waals surface area contributed by atoms with Gasteiger partial charge in [0.2, 0.25) is 5.91 Å². The van der Waals surface area contributed by atoms with E-state index in [2.05, 4.69) is 36.6 Å². The van der Waals surface area contributed by atoms with E-state index in [0.29, 0.717) is 6.04 Å². The molecule has 1 amide bonds. The highest BCUT2D eigenvalue weighted by atomic mass is 16.1. The number of hydrogen-bond acceptors (Lipinski definition) is 2. The van der Waals surface area contributed by atoms with Gasteiger partial charge in [-0.2, -0.15) is 0 Å². The molecule has 3 heteroatoms. The Hall–Kier alpha value is -1.51. The van der Waals surface area contributed by atoms with Crippen molar-refractivity contribution in [2.24, 2.45) is 0 Å². The topological polar surface area (TPSA) is 41.1 Å². The van der Waals surface area contributed by atoms with Gasteiger partial charge in [0, 0.05) is 18.3 Å². The van der Waals surface area contributed by atoms with E-state index < -0.39 is 0 Å². The summed E-state index contributed by atoms with van der Waals surface area (Å²) >= 11 is 0. The number of nitrogens with one attached hydrogen (secondary N) is 2. The number of anilines is 1. The van der Waals surface area contributed by atoms with Crippen molar-refractivity contribution in [2.45, 2.75) is 51.5 Å². The second-order valence-corrected chi connectivity index (χ2v) is 5.26. The zero-order valence-electron chi connectivity index (χ0n) is 11.9. The molecule has 1 heterocycles. The summed E-state index contributed by atoms with van der Waals surface area (Å²) in [7, 11) is 0. The van der Waals surface area contributed by atoms with E-state index in [-0.39, 0.29) is 11.8 Å². The predicted octanol–water partition coefficient (Wildman–Crippen LogP) is 3.28. The molecule has 2 atom stereocenters. The molecule has 2 N–H and O–H groups in total. The van der Waals surface area contributed by atoms with Crippen LogP contribution in [-0.2, 0) is 4.79 Å². The summed E-state index contributed by atoms with van der Waals surface area (Å²) in [6.45, 7) is 5.17. The SMILES string of the molecule is CCCC(CC)NC(=O)C1CCNc2ccccc21. The van der Waals surface area contributed by atoms with Gasteiger partial charge in [-0.25, -0.2) is 0 Å². The summed E-state index contributed by atoms with van der Waals surface area (Å²) in [4.78, 5) is 12.5. The van der Waals surface area contributed by atoms with E-state index in [9.17, 15) is 4.79 Å². The molecule has 19 heavy (non-hydrogen) atoms. The standard InChI is InChI=1S/C16H24N2O/c1-3-7-12(4-2)18-16(19)14-10-11-17-15-9-6-5-8-13(14)15/h5-6,8-9,12,14,17H,3-4,7,10-11H2,1-2H3,(H,18,19). The highest BCUT2D eigenvalue weighted by Gasteiger charge is 2.27. The van der Waals surface area contributed by atoms with Gasteiger partial charge in [-0.3, -0.25) is 4.79 Å². The average molecular weight is 260 g/mol. The van der Waals surface area contributed by atoms with Crippen LogP contribution in [0.25, 0.3) is 0 Å². The Balaban J connectivity index is 2.08. The van der Waals surface area contributed by atoms with Crippen LogP contribution in [0.5, 0.6) is 0 Å². The van der Waals surface area contributed by atoms with Crippen molar-refractivity contribution in [3.8, 4) is 0 Å². The van der Waals surface area contributed by atoms with Crippen LogP contribution < -0.4 is 10.6 Å². The molecule has 0 aliphatic carbocycles. The van der Waals surface area contributed by atoms with Crippen LogP contribution in [0.2, 0.25) is 0 Å². The van der Waals surface area contributed by atoms with Crippen LogP contribution in [0, 0.1) is 0 Å². The number of carbonyl (C=O) groups is 1. The molecule has 2 rings (SSSR count). The van der Waals surface area contributed by atoms with Crippen LogP contribution in [0.15, 0.2) is 24.3 Å². The minimum absolute atomic E-state index is 0.00311. The van der Waals surface area contributed by atoms with Crippen LogP contribution in [-0.4, -0.2) is 18.5 Å². The van der Waals surface area contributed by atoms with Gasteiger partial charge in [-0.15, -0.1) is 0 Å². The second kappa shape index (κ2) is 6.60. The fourth-order valence-electron chi connectivity index (χ4n) is 2.77. The van der Waals surface area contributed by atoms with Crippen molar-refractivity contribution in [2.75, 3.05) is 11.9 Å². The molecule has 1 aromatic rings. The number of para-hydroxylation sites is 1. The van der Waals surface area contributed by atoms with Crippen LogP contribution in [0.1, 0.15) is 51.0 Å². The molecule has 0 radical (unpaired) electrons. The third kappa shape index (κ3) is 3.28. The Bertz CT molecular complexity index is 431. The minimum atomic E-state index is 0.00311. The van der Waals surface area contributed by atoms with E-state index >= 15 is 0 Å². The molecular formula is C16H24N2O. The van der Waals surface area contributed by atoms with Crippen LogP contribution >= 0.6 is 0 Å². The van der Waals surface area contributed by atoms with E-state index in [0.717, 1.165) is 43.5 Å². The molecule has 0 bridgehead atoms. The van der Waals surface area contributed by atoms with Crippen molar-refractivity contribution >= 4 is 11.6 Å². The zero-order chi connectivity index (χ0) is 13.7. The number of benzene rings is 1. The van der Waals surface area contributed by atoms with Gasteiger partial charge in [0.25, 0.3) is 0 Å². The Labute approximate surface area is 115 Å².